The fourth-order valence-corrected chi connectivity index (χ4v) is 6.88. The summed E-state index contributed by atoms with van der Waals surface area (Å²) in [7, 11) is 0. The molecule has 0 amide bonds. The van der Waals surface area contributed by atoms with Gasteiger partial charge in [-0.25, -0.2) is 0 Å². The van der Waals surface area contributed by atoms with E-state index in [4.69, 9.17) is 0 Å². The Kier molecular flexibility index (Phi) is 38.5. The lowest BCUT2D eigenvalue weighted by atomic mass is 9.89. The molecule has 0 aromatic carbocycles. The van der Waals surface area contributed by atoms with Crippen LogP contribution >= 0.6 is 0 Å². The first-order chi connectivity index (χ1) is 21.7. The van der Waals surface area contributed by atoms with Gasteiger partial charge in [0, 0.05) is 12.8 Å². The van der Waals surface area contributed by atoms with E-state index in [9.17, 15) is 4.79 Å². The first-order valence-electron chi connectivity index (χ1n) is 21.0. The van der Waals surface area contributed by atoms with Gasteiger partial charge in [0.2, 0.25) is 0 Å². The molecule has 264 valence electrons. The van der Waals surface area contributed by atoms with E-state index < -0.39 is 0 Å². The van der Waals surface area contributed by atoms with E-state index in [-0.39, 0.29) is 0 Å². The molecule has 0 aliphatic carbocycles. The Labute approximate surface area is 279 Å². The van der Waals surface area contributed by atoms with Gasteiger partial charge < -0.3 is 5.32 Å². The number of carbonyl (C=O) groups excluding carboxylic acids is 1. The fourth-order valence-electron chi connectivity index (χ4n) is 6.88. The van der Waals surface area contributed by atoms with E-state index in [1.54, 1.807) is 0 Å². The zero-order valence-electron chi connectivity index (χ0n) is 31.1. The number of nitrogens with one attached hydrogen (secondary N) is 1. The minimum Gasteiger partial charge on any atom is -0.317 e. The van der Waals surface area contributed by atoms with Crippen LogP contribution in [0.4, 0.5) is 0 Å². The third-order valence-corrected chi connectivity index (χ3v) is 10.0. The molecule has 0 atom stereocenters. The third-order valence-electron chi connectivity index (χ3n) is 10.0. The summed E-state index contributed by atoms with van der Waals surface area (Å²) in [5, 5.41) is 3.69. The van der Waals surface area contributed by atoms with E-state index in [0.717, 1.165) is 31.6 Å². The van der Waals surface area contributed by atoms with Crippen molar-refractivity contribution in [1.29, 1.82) is 0 Å². The molecule has 2 heteroatoms. The van der Waals surface area contributed by atoms with Crippen LogP contribution in [0, 0.1) is 5.92 Å². The Hall–Kier alpha value is -0.370. The molecule has 0 bridgehead atoms. The molecule has 0 rings (SSSR count). The number of hydrogen-bond donors (Lipinski definition) is 1. The summed E-state index contributed by atoms with van der Waals surface area (Å²) >= 11 is 0. The molecular formula is C42H85NO. The second-order valence-corrected chi connectivity index (χ2v) is 14.6. The van der Waals surface area contributed by atoms with Gasteiger partial charge in [0.1, 0.15) is 5.78 Å². The maximum atomic E-state index is 12.0. The number of rotatable bonds is 39. The average molecular weight is 620 g/mol. The summed E-state index contributed by atoms with van der Waals surface area (Å²) in [6.45, 7) is 9.32. The molecule has 0 spiro atoms. The van der Waals surface area contributed by atoms with Crippen LogP contribution in [0.15, 0.2) is 0 Å². The first kappa shape index (κ1) is 43.6. The monoisotopic (exact) mass is 620 g/mol. The number of carbonyl (C=O) groups is 1. The summed E-state index contributed by atoms with van der Waals surface area (Å²) in [4.78, 5) is 12.0. The molecule has 44 heavy (non-hydrogen) atoms. The largest absolute Gasteiger partial charge is 0.317 e. The number of unbranched alkanes of at least 4 members (excludes halogenated alkanes) is 25. The molecule has 0 saturated carbocycles. The zero-order chi connectivity index (χ0) is 32.0. The molecule has 0 radical (unpaired) electrons. The molecule has 2 nitrogen and oxygen atoms in total. The Morgan fingerprint density at radius 1 is 0.364 bits per heavy atom. The molecule has 0 aliphatic heterocycles. The normalized spacial score (nSPS) is 11.6. The van der Waals surface area contributed by atoms with Crippen LogP contribution < -0.4 is 5.32 Å². The third kappa shape index (κ3) is 36.1. The maximum absolute atomic E-state index is 12.0. The van der Waals surface area contributed by atoms with Crippen LogP contribution in [-0.4, -0.2) is 18.9 Å². The molecule has 0 heterocycles. The number of ketones is 1. The number of Topliss-reactive ketones (excluding diaryl/α,β-unsaturated/α-hetero) is 1. The van der Waals surface area contributed by atoms with E-state index in [2.05, 4.69) is 26.1 Å². The SMILES string of the molecule is CCCCCCCCC(=O)CCCCCCCCCNCCCCCCCC(CCCCCCCC)CCCCCCCC. The zero-order valence-corrected chi connectivity index (χ0v) is 31.1. The molecular weight excluding hydrogens is 534 g/mol. The summed E-state index contributed by atoms with van der Waals surface area (Å²) in [5.74, 6) is 1.52. The van der Waals surface area contributed by atoms with Gasteiger partial charge in [0.05, 0.1) is 0 Å². The lowest BCUT2D eigenvalue weighted by Gasteiger charge is -2.17. The predicted octanol–water partition coefficient (Wildman–Crippen LogP) is 14.5. The number of hydrogen-bond acceptors (Lipinski definition) is 2. The molecule has 0 saturated heterocycles. The lowest BCUT2D eigenvalue weighted by Crippen LogP contribution is -2.16. The van der Waals surface area contributed by atoms with Gasteiger partial charge in [-0.2, -0.15) is 0 Å². The van der Waals surface area contributed by atoms with Crippen molar-refractivity contribution in [3.63, 3.8) is 0 Å². The van der Waals surface area contributed by atoms with Gasteiger partial charge in [-0.05, 0) is 44.7 Å². The Bertz CT molecular complexity index is 516. The molecule has 0 fully saturated rings. The highest BCUT2D eigenvalue weighted by atomic mass is 16.1. The summed E-state index contributed by atoms with van der Waals surface area (Å²) in [6, 6.07) is 0. The first-order valence-corrected chi connectivity index (χ1v) is 21.0. The Morgan fingerprint density at radius 2 is 0.636 bits per heavy atom. The van der Waals surface area contributed by atoms with E-state index in [1.165, 1.54) is 212 Å². The van der Waals surface area contributed by atoms with Crippen LogP contribution in [0.25, 0.3) is 0 Å². The highest BCUT2D eigenvalue weighted by molar-refractivity contribution is 5.78. The molecule has 1 N–H and O–H groups in total. The van der Waals surface area contributed by atoms with Crippen molar-refractivity contribution in [2.75, 3.05) is 13.1 Å². The standard InChI is InChI=1S/C42H85NO/c1-4-7-10-13-20-27-34-41(35-28-21-14-11-8-5-2)36-29-22-19-26-33-40-43-39-32-25-18-16-17-24-31-38-42(44)37-30-23-15-12-9-6-3/h41,43H,4-40H2,1-3H3. The minimum atomic E-state index is 0.512. The summed E-state index contributed by atoms with van der Waals surface area (Å²) in [5.41, 5.74) is 0. The van der Waals surface area contributed by atoms with Crippen molar-refractivity contribution in [3.8, 4) is 0 Å². The van der Waals surface area contributed by atoms with Gasteiger partial charge in [-0.3, -0.25) is 4.79 Å². The van der Waals surface area contributed by atoms with Crippen molar-refractivity contribution in [2.45, 2.75) is 245 Å². The van der Waals surface area contributed by atoms with Gasteiger partial charge in [-0.1, -0.05) is 207 Å². The van der Waals surface area contributed by atoms with Crippen molar-refractivity contribution in [3.05, 3.63) is 0 Å². The highest BCUT2D eigenvalue weighted by Crippen LogP contribution is 2.24. The smallest absolute Gasteiger partial charge is 0.132 e. The van der Waals surface area contributed by atoms with Crippen LogP contribution in [-0.2, 0) is 4.79 Å². The highest BCUT2D eigenvalue weighted by Gasteiger charge is 2.09. The molecule has 0 aliphatic rings. The summed E-state index contributed by atoms with van der Waals surface area (Å²) in [6.07, 6.45) is 47.4. The van der Waals surface area contributed by atoms with E-state index in [1.807, 2.05) is 0 Å². The maximum Gasteiger partial charge on any atom is 0.132 e. The fraction of sp³-hybridized carbons (Fsp3) is 0.976. The second kappa shape index (κ2) is 38.8. The van der Waals surface area contributed by atoms with Gasteiger partial charge >= 0.3 is 0 Å². The van der Waals surface area contributed by atoms with E-state index in [0.29, 0.717) is 5.78 Å². The van der Waals surface area contributed by atoms with Crippen LogP contribution in [0.2, 0.25) is 0 Å². The second-order valence-electron chi connectivity index (χ2n) is 14.6. The minimum absolute atomic E-state index is 0.512. The Morgan fingerprint density at radius 3 is 0.977 bits per heavy atom. The van der Waals surface area contributed by atoms with Crippen molar-refractivity contribution in [1.82, 2.24) is 5.32 Å². The lowest BCUT2D eigenvalue weighted by molar-refractivity contribution is -0.119. The average Bonchev–Trinajstić information content (AvgIpc) is 3.03. The van der Waals surface area contributed by atoms with Crippen molar-refractivity contribution < 1.29 is 4.79 Å². The van der Waals surface area contributed by atoms with Gasteiger partial charge in [0.25, 0.3) is 0 Å². The van der Waals surface area contributed by atoms with Gasteiger partial charge in [0.15, 0.2) is 0 Å². The van der Waals surface area contributed by atoms with Crippen molar-refractivity contribution >= 4 is 5.78 Å². The van der Waals surface area contributed by atoms with Gasteiger partial charge in [-0.15, -0.1) is 0 Å². The Balaban J connectivity index is 3.54. The van der Waals surface area contributed by atoms with Crippen LogP contribution in [0.1, 0.15) is 245 Å². The van der Waals surface area contributed by atoms with Crippen molar-refractivity contribution in [2.24, 2.45) is 5.92 Å². The molecule has 0 aromatic heterocycles. The quantitative estimate of drug-likeness (QED) is 0.0693. The summed E-state index contributed by atoms with van der Waals surface area (Å²) < 4.78 is 0. The molecule has 0 aromatic rings. The van der Waals surface area contributed by atoms with Crippen LogP contribution in [0.5, 0.6) is 0 Å². The predicted molar refractivity (Wildman–Crippen MR) is 200 cm³/mol. The van der Waals surface area contributed by atoms with Crippen LogP contribution in [0.3, 0.4) is 0 Å². The topological polar surface area (TPSA) is 29.1 Å². The van der Waals surface area contributed by atoms with E-state index >= 15 is 0 Å². The molecule has 0 unspecified atom stereocenters.